The Labute approximate surface area is 180 Å². The van der Waals surface area contributed by atoms with E-state index in [2.05, 4.69) is 18.2 Å². The van der Waals surface area contributed by atoms with Crippen LogP contribution in [0.3, 0.4) is 0 Å². The highest BCUT2D eigenvalue weighted by Crippen LogP contribution is 2.26. The lowest BCUT2D eigenvalue weighted by atomic mass is 9.99. The molecule has 0 spiro atoms. The number of fused-ring (bicyclic) bond motifs is 1. The minimum absolute atomic E-state index is 0.0286. The summed E-state index contributed by atoms with van der Waals surface area (Å²) in [6, 6.07) is 27.5. The summed E-state index contributed by atoms with van der Waals surface area (Å²) in [6.45, 7) is 1.30. The third kappa shape index (κ3) is 3.51. The molecule has 0 saturated carbocycles. The van der Waals surface area contributed by atoms with Crippen LogP contribution in [0.2, 0.25) is 5.02 Å². The van der Waals surface area contributed by atoms with Gasteiger partial charge in [-0.15, -0.1) is 0 Å². The number of carbonyl (C=O) groups is 1. The minimum Gasteiger partial charge on any atom is -0.333 e. The van der Waals surface area contributed by atoms with Crippen molar-refractivity contribution >= 4 is 17.5 Å². The van der Waals surface area contributed by atoms with Crippen molar-refractivity contribution < 1.29 is 4.79 Å². The molecule has 4 nitrogen and oxygen atoms in total. The van der Waals surface area contributed by atoms with Crippen LogP contribution in [0.25, 0.3) is 16.9 Å². The highest BCUT2D eigenvalue weighted by Gasteiger charge is 2.26. The van der Waals surface area contributed by atoms with Gasteiger partial charge in [-0.2, -0.15) is 5.10 Å². The normalized spacial score (nSPS) is 13.2. The van der Waals surface area contributed by atoms with Crippen molar-refractivity contribution in [3.05, 3.63) is 107 Å². The largest absolute Gasteiger partial charge is 0.333 e. The van der Waals surface area contributed by atoms with Crippen LogP contribution in [-0.2, 0) is 13.0 Å². The molecule has 0 fully saturated rings. The summed E-state index contributed by atoms with van der Waals surface area (Å²) in [5, 5.41) is 5.37. The summed E-state index contributed by atoms with van der Waals surface area (Å²) in [7, 11) is 0. The molecule has 0 bridgehead atoms. The van der Waals surface area contributed by atoms with E-state index in [4.69, 9.17) is 16.7 Å². The first-order chi connectivity index (χ1) is 14.7. The van der Waals surface area contributed by atoms with E-state index < -0.39 is 0 Å². The van der Waals surface area contributed by atoms with Crippen molar-refractivity contribution in [3.8, 4) is 16.9 Å². The van der Waals surface area contributed by atoms with Crippen LogP contribution in [-0.4, -0.2) is 27.1 Å². The van der Waals surface area contributed by atoms with Crippen LogP contribution in [0.5, 0.6) is 0 Å². The zero-order chi connectivity index (χ0) is 20.5. The van der Waals surface area contributed by atoms with Crippen molar-refractivity contribution in [2.75, 3.05) is 6.54 Å². The number of nitrogens with zero attached hydrogens (tertiary/aromatic N) is 3. The molecule has 1 aliphatic rings. The first-order valence-electron chi connectivity index (χ1n) is 9.96. The fourth-order valence-electron chi connectivity index (χ4n) is 3.92. The quantitative estimate of drug-likeness (QED) is 0.451. The maximum atomic E-state index is 13.6. The van der Waals surface area contributed by atoms with Crippen LogP contribution >= 0.6 is 11.6 Å². The highest BCUT2D eigenvalue weighted by molar-refractivity contribution is 6.30. The Hall–Kier alpha value is -3.37. The number of amides is 1. The molecule has 1 aliphatic heterocycles. The second kappa shape index (κ2) is 7.81. The third-order valence-electron chi connectivity index (χ3n) is 5.47. The molecule has 2 heterocycles. The minimum atomic E-state index is -0.0286. The van der Waals surface area contributed by atoms with E-state index in [1.807, 2.05) is 71.6 Å². The molecule has 5 heteroatoms. The highest BCUT2D eigenvalue weighted by atomic mass is 35.5. The van der Waals surface area contributed by atoms with Crippen LogP contribution in [0, 0.1) is 0 Å². The number of halogens is 1. The van der Waals surface area contributed by atoms with Crippen LogP contribution in [0.4, 0.5) is 0 Å². The summed E-state index contributed by atoms with van der Waals surface area (Å²) >= 11 is 6.22. The Morgan fingerprint density at radius 2 is 1.63 bits per heavy atom. The van der Waals surface area contributed by atoms with Crippen molar-refractivity contribution in [2.24, 2.45) is 0 Å². The Bertz CT molecular complexity index is 1220. The van der Waals surface area contributed by atoms with Gasteiger partial charge in [-0.25, -0.2) is 4.68 Å². The topological polar surface area (TPSA) is 38.1 Å². The number of hydrogen-bond acceptors (Lipinski definition) is 2. The fourth-order valence-corrected chi connectivity index (χ4v) is 4.10. The van der Waals surface area contributed by atoms with Crippen molar-refractivity contribution in [1.29, 1.82) is 0 Å². The summed E-state index contributed by atoms with van der Waals surface area (Å²) in [6.07, 6.45) is 0.860. The van der Waals surface area contributed by atoms with Crippen molar-refractivity contribution in [1.82, 2.24) is 14.7 Å². The number of aromatic nitrogens is 2. The second-order valence-electron chi connectivity index (χ2n) is 7.42. The molecular formula is C25H20ClN3O. The van der Waals surface area contributed by atoms with E-state index in [1.54, 1.807) is 4.68 Å². The first kappa shape index (κ1) is 18.6. The molecule has 30 heavy (non-hydrogen) atoms. The van der Waals surface area contributed by atoms with E-state index in [1.165, 1.54) is 11.1 Å². The van der Waals surface area contributed by atoms with Crippen LogP contribution in [0.1, 0.15) is 21.6 Å². The molecule has 0 N–H and O–H groups in total. The van der Waals surface area contributed by atoms with Crippen molar-refractivity contribution in [3.63, 3.8) is 0 Å². The van der Waals surface area contributed by atoms with E-state index >= 15 is 0 Å². The molecule has 1 amide bonds. The van der Waals surface area contributed by atoms with Gasteiger partial charge in [0.2, 0.25) is 0 Å². The van der Waals surface area contributed by atoms with E-state index in [0.717, 1.165) is 23.4 Å². The Morgan fingerprint density at radius 1 is 0.867 bits per heavy atom. The molecule has 0 saturated heterocycles. The maximum absolute atomic E-state index is 13.6. The molecule has 0 aliphatic carbocycles. The molecule has 148 valence electrons. The number of benzene rings is 3. The second-order valence-corrected chi connectivity index (χ2v) is 7.85. The Morgan fingerprint density at radius 3 is 2.43 bits per heavy atom. The van der Waals surface area contributed by atoms with Crippen LogP contribution < -0.4 is 0 Å². The van der Waals surface area contributed by atoms with E-state index in [-0.39, 0.29) is 5.91 Å². The maximum Gasteiger partial charge on any atom is 0.272 e. The average Bonchev–Trinajstić information content (AvgIpc) is 3.24. The summed E-state index contributed by atoms with van der Waals surface area (Å²) in [5.41, 5.74) is 5.55. The smallest absolute Gasteiger partial charge is 0.272 e. The Kier molecular flexibility index (Phi) is 4.85. The number of carbonyl (C=O) groups excluding carboxylic acids is 1. The first-order valence-corrected chi connectivity index (χ1v) is 10.3. The fraction of sp³-hybridized carbons (Fsp3) is 0.120. The summed E-state index contributed by atoms with van der Waals surface area (Å²) < 4.78 is 1.71. The third-order valence-corrected chi connectivity index (χ3v) is 5.70. The molecule has 0 radical (unpaired) electrons. The van der Waals surface area contributed by atoms with Gasteiger partial charge in [0, 0.05) is 23.7 Å². The Balaban J connectivity index is 1.56. The molecule has 3 aromatic carbocycles. The van der Waals surface area contributed by atoms with Gasteiger partial charge in [0.15, 0.2) is 0 Å². The van der Waals surface area contributed by atoms with Gasteiger partial charge in [-0.05, 0) is 41.8 Å². The number of hydrogen-bond donors (Lipinski definition) is 0. The van der Waals surface area contributed by atoms with Gasteiger partial charge in [0.05, 0.1) is 11.4 Å². The lowest BCUT2D eigenvalue weighted by molar-refractivity contribution is 0.0725. The average molecular weight is 414 g/mol. The van der Waals surface area contributed by atoms with Gasteiger partial charge in [0.25, 0.3) is 5.91 Å². The predicted octanol–water partition coefficient (Wildman–Crippen LogP) is 5.39. The SMILES string of the molecule is O=C(c1cc(-c2ccccc2)nn1-c1cccc(Cl)c1)N1CCc2ccccc2C1. The van der Waals surface area contributed by atoms with Gasteiger partial charge >= 0.3 is 0 Å². The van der Waals surface area contributed by atoms with E-state index in [0.29, 0.717) is 23.8 Å². The van der Waals surface area contributed by atoms with Crippen molar-refractivity contribution in [2.45, 2.75) is 13.0 Å². The van der Waals surface area contributed by atoms with Gasteiger partial charge in [0.1, 0.15) is 5.69 Å². The van der Waals surface area contributed by atoms with Gasteiger partial charge in [-0.1, -0.05) is 72.3 Å². The standard InChI is InChI=1S/C25H20ClN3O/c26-21-11-6-12-22(15-21)29-24(16-23(27-29)19-8-2-1-3-9-19)25(30)28-14-13-18-7-4-5-10-20(18)17-28/h1-12,15-16H,13-14,17H2. The summed E-state index contributed by atoms with van der Waals surface area (Å²) in [5.74, 6) is -0.0286. The lowest BCUT2D eigenvalue weighted by Gasteiger charge is -2.29. The molecule has 5 rings (SSSR count). The molecular weight excluding hydrogens is 394 g/mol. The van der Waals surface area contributed by atoms with Gasteiger partial charge < -0.3 is 4.90 Å². The molecule has 0 atom stereocenters. The van der Waals surface area contributed by atoms with E-state index in [9.17, 15) is 4.79 Å². The van der Waals surface area contributed by atoms with Gasteiger partial charge in [-0.3, -0.25) is 4.79 Å². The predicted molar refractivity (Wildman–Crippen MR) is 119 cm³/mol. The molecule has 1 aromatic heterocycles. The zero-order valence-electron chi connectivity index (χ0n) is 16.3. The summed E-state index contributed by atoms with van der Waals surface area (Å²) in [4.78, 5) is 15.5. The monoisotopic (exact) mass is 413 g/mol. The molecule has 4 aromatic rings. The zero-order valence-corrected chi connectivity index (χ0v) is 17.1. The number of rotatable bonds is 3. The molecule has 0 unspecified atom stereocenters. The van der Waals surface area contributed by atoms with Crippen LogP contribution in [0.15, 0.2) is 84.9 Å². The lowest BCUT2D eigenvalue weighted by Crippen LogP contribution is -2.37.